The fourth-order valence-electron chi connectivity index (χ4n) is 2.70. The van der Waals surface area contributed by atoms with E-state index in [1.54, 1.807) is 4.90 Å². The van der Waals surface area contributed by atoms with Gasteiger partial charge in [0.05, 0.1) is 11.5 Å². The smallest absolute Gasteiger partial charge is 0.309 e. The Morgan fingerprint density at radius 3 is 2.21 bits per heavy atom. The largest absolute Gasteiger partial charge is 0.481 e. The average Bonchev–Trinajstić information content (AvgIpc) is 2.37. The minimum atomic E-state index is -0.727. The summed E-state index contributed by atoms with van der Waals surface area (Å²) >= 11 is 0. The topological polar surface area (TPSA) is 83.6 Å². The fraction of sp³-hybridized carbons (Fsp3) is 0.857. The van der Waals surface area contributed by atoms with Crippen LogP contribution in [-0.2, 0) is 9.59 Å². The molecule has 1 heterocycles. The standard InChI is InChI=1S/C14H26N2O3/c1-4-5-14(13(18)19)6-8-16(9-7-14)12(17)11(15)10(2)3/h10-11H,4-9,15H2,1-3H3,(H,18,19)/t11-/m1/s1. The van der Waals surface area contributed by atoms with Crippen molar-refractivity contribution in [3.05, 3.63) is 0 Å². The van der Waals surface area contributed by atoms with Crippen LogP contribution in [0, 0.1) is 11.3 Å². The molecular formula is C14H26N2O3. The van der Waals surface area contributed by atoms with Gasteiger partial charge in [0.1, 0.15) is 0 Å². The second-order valence-corrected chi connectivity index (χ2v) is 5.93. The van der Waals surface area contributed by atoms with Crippen LogP contribution in [0.15, 0.2) is 0 Å². The van der Waals surface area contributed by atoms with E-state index in [-0.39, 0.29) is 11.8 Å². The van der Waals surface area contributed by atoms with Crippen LogP contribution in [0.25, 0.3) is 0 Å². The first-order valence-electron chi connectivity index (χ1n) is 7.12. The normalized spacial score (nSPS) is 20.4. The summed E-state index contributed by atoms with van der Waals surface area (Å²) in [7, 11) is 0. The SMILES string of the molecule is CCCC1(C(=O)O)CCN(C(=O)[C@H](N)C(C)C)CC1. The number of nitrogens with zero attached hydrogens (tertiary/aromatic N) is 1. The Morgan fingerprint density at radius 1 is 1.32 bits per heavy atom. The molecule has 3 N–H and O–H groups in total. The van der Waals surface area contributed by atoms with E-state index in [0.29, 0.717) is 32.4 Å². The summed E-state index contributed by atoms with van der Waals surface area (Å²) in [6.45, 7) is 6.85. The maximum absolute atomic E-state index is 12.1. The van der Waals surface area contributed by atoms with Gasteiger partial charge in [-0.3, -0.25) is 9.59 Å². The highest BCUT2D eigenvalue weighted by atomic mass is 16.4. The number of carboxylic acid groups (broad SMARTS) is 1. The fourth-order valence-corrected chi connectivity index (χ4v) is 2.70. The Morgan fingerprint density at radius 2 is 1.84 bits per heavy atom. The maximum atomic E-state index is 12.1. The van der Waals surface area contributed by atoms with E-state index in [9.17, 15) is 14.7 Å². The van der Waals surface area contributed by atoms with Gasteiger partial charge in [0.2, 0.25) is 5.91 Å². The molecule has 110 valence electrons. The maximum Gasteiger partial charge on any atom is 0.309 e. The molecule has 0 aliphatic carbocycles. The first-order valence-corrected chi connectivity index (χ1v) is 7.12. The molecule has 0 aromatic heterocycles. The summed E-state index contributed by atoms with van der Waals surface area (Å²) in [5.41, 5.74) is 5.22. The number of nitrogens with two attached hydrogens (primary N) is 1. The highest BCUT2D eigenvalue weighted by Crippen LogP contribution is 2.36. The molecule has 1 saturated heterocycles. The Kier molecular flexibility index (Phi) is 5.35. The summed E-state index contributed by atoms with van der Waals surface area (Å²) in [4.78, 5) is 25.3. The number of carbonyl (C=O) groups excluding carboxylic acids is 1. The second kappa shape index (κ2) is 6.37. The van der Waals surface area contributed by atoms with Crippen molar-refractivity contribution >= 4 is 11.9 Å². The van der Waals surface area contributed by atoms with Crippen molar-refractivity contribution < 1.29 is 14.7 Å². The second-order valence-electron chi connectivity index (χ2n) is 5.93. The third kappa shape index (κ3) is 3.47. The quantitative estimate of drug-likeness (QED) is 0.792. The molecule has 1 fully saturated rings. The summed E-state index contributed by atoms with van der Waals surface area (Å²) < 4.78 is 0. The lowest BCUT2D eigenvalue weighted by Gasteiger charge is -2.40. The molecule has 1 atom stereocenters. The monoisotopic (exact) mass is 270 g/mol. The molecule has 0 radical (unpaired) electrons. The lowest BCUT2D eigenvalue weighted by molar-refractivity contribution is -0.155. The number of carbonyl (C=O) groups is 2. The van der Waals surface area contributed by atoms with E-state index < -0.39 is 17.4 Å². The summed E-state index contributed by atoms with van der Waals surface area (Å²) in [6.07, 6.45) is 2.60. The molecule has 0 bridgehead atoms. The molecule has 1 aliphatic heterocycles. The number of hydrogen-bond donors (Lipinski definition) is 2. The van der Waals surface area contributed by atoms with Gasteiger partial charge in [-0.25, -0.2) is 0 Å². The van der Waals surface area contributed by atoms with Gasteiger partial charge < -0.3 is 15.7 Å². The zero-order valence-corrected chi connectivity index (χ0v) is 12.2. The number of rotatable bonds is 5. The number of hydrogen-bond acceptors (Lipinski definition) is 3. The Hall–Kier alpha value is -1.10. The molecule has 0 aromatic rings. The predicted molar refractivity (Wildman–Crippen MR) is 73.6 cm³/mol. The molecule has 5 nitrogen and oxygen atoms in total. The van der Waals surface area contributed by atoms with Crippen molar-refractivity contribution in [3.8, 4) is 0 Å². The first kappa shape index (κ1) is 16.0. The number of aliphatic carboxylic acids is 1. The lowest BCUT2D eigenvalue weighted by atomic mass is 9.75. The van der Waals surface area contributed by atoms with Gasteiger partial charge in [-0.2, -0.15) is 0 Å². The molecule has 0 aromatic carbocycles. The van der Waals surface area contributed by atoms with Crippen LogP contribution >= 0.6 is 0 Å². The minimum Gasteiger partial charge on any atom is -0.481 e. The van der Waals surface area contributed by atoms with Crippen LogP contribution in [0.1, 0.15) is 46.5 Å². The van der Waals surface area contributed by atoms with Gasteiger partial charge in [0, 0.05) is 13.1 Å². The number of likely N-dealkylation sites (tertiary alicyclic amines) is 1. The third-order valence-electron chi connectivity index (χ3n) is 4.22. The van der Waals surface area contributed by atoms with Crippen molar-refractivity contribution in [3.63, 3.8) is 0 Å². The van der Waals surface area contributed by atoms with E-state index in [4.69, 9.17) is 5.73 Å². The average molecular weight is 270 g/mol. The highest BCUT2D eigenvalue weighted by molar-refractivity contribution is 5.82. The van der Waals surface area contributed by atoms with Crippen molar-refractivity contribution in [1.82, 2.24) is 4.90 Å². The van der Waals surface area contributed by atoms with Crippen molar-refractivity contribution in [2.45, 2.75) is 52.5 Å². The van der Waals surface area contributed by atoms with Gasteiger partial charge in [-0.15, -0.1) is 0 Å². The van der Waals surface area contributed by atoms with Crippen molar-refractivity contribution in [2.24, 2.45) is 17.1 Å². The van der Waals surface area contributed by atoms with E-state index in [2.05, 4.69) is 0 Å². The Bertz CT molecular complexity index is 334. The molecule has 1 rings (SSSR count). The van der Waals surface area contributed by atoms with Crippen LogP contribution in [0.2, 0.25) is 0 Å². The predicted octanol–water partition coefficient (Wildman–Crippen LogP) is 1.46. The molecule has 0 spiro atoms. The number of piperidine rings is 1. The summed E-state index contributed by atoms with van der Waals surface area (Å²) in [6, 6.07) is -0.483. The third-order valence-corrected chi connectivity index (χ3v) is 4.22. The zero-order valence-electron chi connectivity index (χ0n) is 12.2. The molecular weight excluding hydrogens is 244 g/mol. The summed E-state index contributed by atoms with van der Waals surface area (Å²) in [5.74, 6) is -0.672. The van der Waals surface area contributed by atoms with Gasteiger partial charge in [-0.1, -0.05) is 27.2 Å². The van der Waals surface area contributed by atoms with Crippen LogP contribution in [0.3, 0.4) is 0 Å². The molecule has 1 amide bonds. The molecule has 1 aliphatic rings. The van der Waals surface area contributed by atoms with E-state index in [0.717, 1.165) is 6.42 Å². The van der Waals surface area contributed by atoms with E-state index >= 15 is 0 Å². The van der Waals surface area contributed by atoms with E-state index in [1.165, 1.54) is 0 Å². The Balaban J connectivity index is 2.66. The van der Waals surface area contributed by atoms with Crippen LogP contribution in [0.4, 0.5) is 0 Å². The van der Waals surface area contributed by atoms with E-state index in [1.807, 2.05) is 20.8 Å². The molecule has 5 heteroatoms. The van der Waals surface area contributed by atoms with Crippen LogP contribution in [-0.4, -0.2) is 41.0 Å². The van der Waals surface area contributed by atoms with Gasteiger partial charge in [0.25, 0.3) is 0 Å². The number of amides is 1. The highest BCUT2D eigenvalue weighted by Gasteiger charge is 2.42. The van der Waals surface area contributed by atoms with Gasteiger partial charge >= 0.3 is 5.97 Å². The van der Waals surface area contributed by atoms with Crippen molar-refractivity contribution in [2.75, 3.05) is 13.1 Å². The Labute approximate surface area is 115 Å². The van der Waals surface area contributed by atoms with Gasteiger partial charge in [-0.05, 0) is 25.2 Å². The van der Waals surface area contributed by atoms with Crippen molar-refractivity contribution in [1.29, 1.82) is 0 Å². The summed E-state index contributed by atoms with van der Waals surface area (Å²) in [5, 5.41) is 9.41. The van der Waals surface area contributed by atoms with Crippen LogP contribution in [0.5, 0.6) is 0 Å². The minimum absolute atomic E-state index is 0.0505. The molecule has 19 heavy (non-hydrogen) atoms. The molecule has 0 unspecified atom stereocenters. The molecule has 0 saturated carbocycles. The zero-order chi connectivity index (χ0) is 14.6. The van der Waals surface area contributed by atoms with Gasteiger partial charge in [0.15, 0.2) is 0 Å². The number of carboxylic acids is 1. The van der Waals surface area contributed by atoms with Crippen LogP contribution < -0.4 is 5.73 Å². The lowest BCUT2D eigenvalue weighted by Crippen LogP contribution is -2.52. The first-order chi connectivity index (χ1) is 8.84.